The molecule has 2 N–H and O–H groups in total. The van der Waals surface area contributed by atoms with Gasteiger partial charge < -0.3 is 15.4 Å². The molecule has 1 aliphatic rings. The smallest absolute Gasteiger partial charge is 0.224 e. The molecule has 1 unspecified atom stereocenters. The maximum absolute atomic E-state index is 14.2. The first-order chi connectivity index (χ1) is 12.1. The van der Waals surface area contributed by atoms with Crippen LogP contribution in [-0.2, 0) is 9.59 Å². The fourth-order valence-electron chi connectivity index (χ4n) is 3.21. The summed E-state index contributed by atoms with van der Waals surface area (Å²) in [5.41, 5.74) is 3.56. The van der Waals surface area contributed by atoms with E-state index >= 15 is 0 Å². The lowest BCUT2D eigenvalue weighted by molar-refractivity contribution is -0.116. The van der Waals surface area contributed by atoms with Gasteiger partial charge in [-0.15, -0.1) is 0 Å². The molecule has 0 saturated heterocycles. The van der Waals surface area contributed by atoms with E-state index in [1.54, 1.807) is 7.05 Å². The largest absolute Gasteiger partial charge is 0.388 e. The Kier molecular flexibility index (Phi) is 5.12. The quantitative estimate of drug-likeness (QED) is 0.800. The van der Waals surface area contributed by atoms with E-state index < -0.39 is 0 Å². The van der Waals surface area contributed by atoms with Crippen molar-refractivity contribution in [2.24, 2.45) is 0 Å². The lowest BCUT2D eigenvalue weighted by Crippen LogP contribution is -2.13. The predicted octanol–water partition coefficient (Wildman–Crippen LogP) is 4.33. The van der Waals surface area contributed by atoms with E-state index in [0.29, 0.717) is 36.1 Å². The Morgan fingerprint density at radius 3 is 2.80 bits per heavy atom. The van der Waals surface area contributed by atoms with Crippen molar-refractivity contribution in [2.45, 2.75) is 31.6 Å². The van der Waals surface area contributed by atoms with Gasteiger partial charge in [-0.1, -0.05) is 18.6 Å². The number of nitrogens with one attached hydrogen (secondary N) is 2. The maximum atomic E-state index is 14.2. The molecule has 1 heterocycles. The molecule has 25 heavy (non-hydrogen) atoms. The molecule has 1 atom stereocenters. The first-order valence-electron chi connectivity index (χ1n) is 8.48. The average molecular weight is 340 g/mol. The summed E-state index contributed by atoms with van der Waals surface area (Å²) in [6.45, 7) is 0. The van der Waals surface area contributed by atoms with Gasteiger partial charge in [0.15, 0.2) is 0 Å². The van der Waals surface area contributed by atoms with E-state index in [2.05, 4.69) is 10.6 Å². The van der Waals surface area contributed by atoms with Crippen LogP contribution in [0, 0.1) is 5.82 Å². The first-order valence-corrected chi connectivity index (χ1v) is 8.48. The molecule has 0 spiro atoms. The second-order valence-corrected chi connectivity index (χ2v) is 6.32. The second kappa shape index (κ2) is 7.47. The van der Waals surface area contributed by atoms with Gasteiger partial charge in [0.2, 0.25) is 5.91 Å². The number of hydrogen-bond donors (Lipinski definition) is 2. The van der Waals surface area contributed by atoms with E-state index in [1.165, 1.54) is 12.1 Å². The van der Waals surface area contributed by atoms with E-state index in [4.69, 9.17) is 0 Å². The molecule has 0 radical (unpaired) electrons. The van der Waals surface area contributed by atoms with Crippen molar-refractivity contribution in [1.29, 1.82) is 0 Å². The summed E-state index contributed by atoms with van der Waals surface area (Å²) in [6, 6.07) is 10.3. The highest BCUT2D eigenvalue weighted by atomic mass is 19.1. The van der Waals surface area contributed by atoms with Crippen molar-refractivity contribution in [1.82, 2.24) is 0 Å². The van der Waals surface area contributed by atoms with E-state index in [9.17, 15) is 14.0 Å². The van der Waals surface area contributed by atoms with Crippen LogP contribution >= 0.6 is 0 Å². The van der Waals surface area contributed by atoms with Crippen LogP contribution in [0.3, 0.4) is 0 Å². The summed E-state index contributed by atoms with van der Waals surface area (Å²) in [6.07, 6.45) is 3.32. The molecule has 5 heteroatoms. The number of amides is 1. The zero-order valence-corrected chi connectivity index (χ0v) is 14.1. The Morgan fingerprint density at radius 1 is 1.20 bits per heavy atom. The summed E-state index contributed by atoms with van der Waals surface area (Å²) in [5, 5.41) is 5.98. The van der Waals surface area contributed by atoms with Gasteiger partial charge in [-0.05, 0) is 48.2 Å². The van der Waals surface area contributed by atoms with Crippen LogP contribution in [0.15, 0.2) is 36.4 Å². The Hall–Kier alpha value is -2.69. The van der Waals surface area contributed by atoms with Gasteiger partial charge in [-0.3, -0.25) is 4.79 Å². The SMILES string of the molecule is CNc1ccc2c(c1)NC(=O)CCCCC(C=O)c1cc(F)cc-2c1. The highest BCUT2D eigenvalue weighted by Crippen LogP contribution is 2.34. The third-order valence-corrected chi connectivity index (χ3v) is 4.57. The van der Waals surface area contributed by atoms with Crippen molar-refractivity contribution >= 4 is 23.6 Å². The molecule has 1 amide bonds. The molecule has 0 aromatic heterocycles. The van der Waals surface area contributed by atoms with Crippen LogP contribution in [0.4, 0.5) is 15.8 Å². The zero-order chi connectivity index (χ0) is 17.8. The molecular weight excluding hydrogens is 319 g/mol. The number of fused-ring (bicyclic) bond motifs is 4. The normalized spacial score (nSPS) is 17.5. The summed E-state index contributed by atoms with van der Waals surface area (Å²) in [4.78, 5) is 23.7. The highest BCUT2D eigenvalue weighted by Gasteiger charge is 2.17. The molecule has 2 aromatic rings. The third-order valence-electron chi connectivity index (χ3n) is 4.57. The first kappa shape index (κ1) is 17.1. The van der Waals surface area contributed by atoms with Crippen molar-refractivity contribution in [3.8, 4) is 11.1 Å². The second-order valence-electron chi connectivity index (χ2n) is 6.32. The van der Waals surface area contributed by atoms with Gasteiger partial charge in [0.05, 0.1) is 5.69 Å². The van der Waals surface area contributed by atoms with Crippen LogP contribution < -0.4 is 10.6 Å². The summed E-state index contributed by atoms with van der Waals surface area (Å²) in [7, 11) is 1.80. The van der Waals surface area contributed by atoms with Gasteiger partial charge in [-0.25, -0.2) is 4.39 Å². The van der Waals surface area contributed by atoms with E-state index in [1.807, 2.05) is 24.3 Å². The van der Waals surface area contributed by atoms with Gasteiger partial charge in [0.1, 0.15) is 12.1 Å². The van der Waals surface area contributed by atoms with Gasteiger partial charge in [-0.2, -0.15) is 0 Å². The number of halogens is 1. The molecule has 1 aliphatic heterocycles. The molecule has 2 aromatic carbocycles. The van der Waals surface area contributed by atoms with Crippen LogP contribution in [0.1, 0.15) is 37.2 Å². The van der Waals surface area contributed by atoms with Crippen molar-refractivity contribution in [3.63, 3.8) is 0 Å². The number of rotatable bonds is 2. The summed E-state index contributed by atoms with van der Waals surface area (Å²) in [5.74, 6) is -0.808. The van der Waals surface area contributed by atoms with Crippen molar-refractivity contribution < 1.29 is 14.0 Å². The molecule has 2 bridgehead atoms. The molecular formula is C20H21FN2O2. The Morgan fingerprint density at radius 2 is 2.04 bits per heavy atom. The monoisotopic (exact) mass is 340 g/mol. The molecule has 0 aliphatic carbocycles. The minimum atomic E-state index is -0.383. The molecule has 0 saturated carbocycles. The molecule has 4 nitrogen and oxygen atoms in total. The Labute approximate surface area is 146 Å². The predicted molar refractivity (Wildman–Crippen MR) is 97.3 cm³/mol. The number of benzene rings is 2. The van der Waals surface area contributed by atoms with E-state index in [-0.39, 0.29) is 17.6 Å². The fraction of sp³-hybridized carbons (Fsp3) is 0.300. The molecule has 3 rings (SSSR count). The third kappa shape index (κ3) is 3.87. The Balaban J connectivity index is 2.17. The number of anilines is 2. The fourth-order valence-corrected chi connectivity index (χ4v) is 3.21. The van der Waals surface area contributed by atoms with Gasteiger partial charge in [0, 0.05) is 30.6 Å². The van der Waals surface area contributed by atoms with Gasteiger partial charge >= 0.3 is 0 Å². The topological polar surface area (TPSA) is 58.2 Å². The number of hydrogen-bond acceptors (Lipinski definition) is 3. The van der Waals surface area contributed by atoms with Crippen molar-refractivity contribution in [3.05, 3.63) is 47.8 Å². The van der Waals surface area contributed by atoms with Crippen LogP contribution in [0.25, 0.3) is 11.1 Å². The molecule has 130 valence electrons. The van der Waals surface area contributed by atoms with Crippen molar-refractivity contribution in [2.75, 3.05) is 17.7 Å². The number of carbonyl (C=O) groups is 2. The minimum Gasteiger partial charge on any atom is -0.388 e. The lowest BCUT2D eigenvalue weighted by atomic mass is 9.90. The minimum absolute atomic E-state index is 0.0747. The highest BCUT2D eigenvalue weighted by molar-refractivity contribution is 5.96. The zero-order valence-electron chi connectivity index (χ0n) is 14.1. The van der Waals surface area contributed by atoms with E-state index in [0.717, 1.165) is 24.0 Å². The Bertz CT molecular complexity index is 804. The standard InChI is InChI=1S/C20H21FN2O2/c1-22-17-6-7-18-15-8-14(9-16(21)10-15)13(12-24)4-2-3-5-20(25)23-19(18)11-17/h6-13,22H,2-5H2,1H3,(H,23,25). The molecule has 0 fully saturated rings. The maximum Gasteiger partial charge on any atom is 0.224 e. The number of aldehydes is 1. The summed E-state index contributed by atoms with van der Waals surface area (Å²) < 4.78 is 14.2. The summed E-state index contributed by atoms with van der Waals surface area (Å²) >= 11 is 0. The average Bonchev–Trinajstić information content (AvgIpc) is 2.60. The number of carbonyl (C=O) groups excluding carboxylic acids is 2. The van der Waals surface area contributed by atoms with Gasteiger partial charge in [0.25, 0.3) is 0 Å². The van der Waals surface area contributed by atoms with Crippen LogP contribution in [0.2, 0.25) is 0 Å². The lowest BCUT2D eigenvalue weighted by Gasteiger charge is -2.18. The van der Waals surface area contributed by atoms with Crippen LogP contribution in [0.5, 0.6) is 0 Å². The van der Waals surface area contributed by atoms with Crippen LogP contribution in [-0.4, -0.2) is 19.2 Å².